The monoisotopic (exact) mass is 222 g/mol. The molecule has 0 bridgehead atoms. The van der Waals surface area contributed by atoms with Gasteiger partial charge in [0.2, 0.25) is 0 Å². The van der Waals surface area contributed by atoms with E-state index in [9.17, 15) is 4.79 Å². The largest absolute Gasteiger partial charge is 0.515 e. The third kappa shape index (κ3) is 2.76. The van der Waals surface area contributed by atoms with E-state index in [1.54, 1.807) is 31.2 Å². The Morgan fingerprint density at radius 2 is 2.25 bits per heavy atom. The molecule has 4 nitrogen and oxygen atoms in total. The Bertz CT molecular complexity index is 396. The molecule has 0 radical (unpaired) electrons. The van der Waals surface area contributed by atoms with E-state index in [4.69, 9.17) is 14.6 Å². The second-order valence-electron chi connectivity index (χ2n) is 3.00. The van der Waals surface area contributed by atoms with Gasteiger partial charge in [0.15, 0.2) is 0 Å². The van der Waals surface area contributed by atoms with E-state index < -0.39 is 5.97 Å². The summed E-state index contributed by atoms with van der Waals surface area (Å²) in [6.45, 7) is 1.97. The molecule has 86 valence electrons. The first-order valence-corrected chi connectivity index (χ1v) is 4.88. The summed E-state index contributed by atoms with van der Waals surface area (Å²) in [7, 11) is 1.53. The summed E-state index contributed by atoms with van der Waals surface area (Å²) in [6, 6.07) is 6.83. The Morgan fingerprint density at radius 1 is 1.50 bits per heavy atom. The van der Waals surface area contributed by atoms with Crippen molar-refractivity contribution in [3.63, 3.8) is 0 Å². The van der Waals surface area contributed by atoms with Crippen LogP contribution in [0.4, 0.5) is 0 Å². The number of benzene rings is 1. The lowest BCUT2D eigenvalue weighted by Crippen LogP contribution is -2.07. The minimum absolute atomic E-state index is 0.112. The zero-order chi connectivity index (χ0) is 12.0. The number of ether oxygens (including phenoxy) is 2. The van der Waals surface area contributed by atoms with Crippen LogP contribution in [0.1, 0.15) is 12.5 Å². The summed E-state index contributed by atoms with van der Waals surface area (Å²) in [5.74, 6) is 0.0550. The second-order valence-corrected chi connectivity index (χ2v) is 3.00. The van der Waals surface area contributed by atoms with Gasteiger partial charge in [-0.05, 0) is 24.6 Å². The van der Waals surface area contributed by atoms with Gasteiger partial charge < -0.3 is 14.6 Å². The number of methoxy groups -OCH3 is 1. The molecule has 0 aliphatic carbocycles. The van der Waals surface area contributed by atoms with Crippen LogP contribution in [-0.4, -0.2) is 24.8 Å². The molecule has 0 unspecified atom stereocenters. The van der Waals surface area contributed by atoms with Crippen molar-refractivity contribution in [3.05, 3.63) is 36.1 Å². The summed E-state index contributed by atoms with van der Waals surface area (Å²) < 4.78 is 9.84. The minimum Gasteiger partial charge on any atom is -0.515 e. The van der Waals surface area contributed by atoms with E-state index in [0.717, 1.165) is 6.26 Å². The Morgan fingerprint density at radius 3 is 2.81 bits per heavy atom. The van der Waals surface area contributed by atoms with E-state index in [0.29, 0.717) is 11.3 Å². The molecule has 4 heteroatoms. The molecule has 0 atom stereocenters. The first kappa shape index (κ1) is 12.1. The van der Waals surface area contributed by atoms with Crippen LogP contribution in [0.25, 0.3) is 5.57 Å². The third-order valence-corrected chi connectivity index (χ3v) is 2.01. The summed E-state index contributed by atoms with van der Waals surface area (Å²) in [4.78, 5) is 11.5. The van der Waals surface area contributed by atoms with Gasteiger partial charge in [-0.25, -0.2) is 4.79 Å². The highest BCUT2D eigenvalue weighted by atomic mass is 16.5. The van der Waals surface area contributed by atoms with Crippen LogP contribution in [0, 0.1) is 0 Å². The smallest absolute Gasteiger partial charge is 0.341 e. The van der Waals surface area contributed by atoms with E-state index in [1.807, 2.05) is 0 Å². The van der Waals surface area contributed by atoms with Gasteiger partial charge in [-0.1, -0.05) is 12.1 Å². The predicted octanol–water partition coefficient (Wildman–Crippen LogP) is 2.16. The number of hydrogen-bond donors (Lipinski definition) is 1. The van der Waals surface area contributed by atoms with Crippen LogP contribution in [0.3, 0.4) is 0 Å². The van der Waals surface area contributed by atoms with Gasteiger partial charge in [-0.2, -0.15) is 0 Å². The SMILES string of the molecule is CCOC(=O)C(=CO)c1cccc(OC)c1. The fourth-order valence-electron chi connectivity index (χ4n) is 1.24. The Hall–Kier alpha value is -1.97. The summed E-state index contributed by atoms with van der Waals surface area (Å²) >= 11 is 0. The van der Waals surface area contributed by atoms with Crippen LogP contribution in [-0.2, 0) is 9.53 Å². The highest BCUT2D eigenvalue weighted by Gasteiger charge is 2.13. The van der Waals surface area contributed by atoms with E-state index in [2.05, 4.69) is 0 Å². The maximum Gasteiger partial charge on any atom is 0.341 e. The Balaban J connectivity index is 3.00. The van der Waals surface area contributed by atoms with Crippen molar-refractivity contribution in [2.75, 3.05) is 13.7 Å². The molecule has 0 fully saturated rings. The zero-order valence-electron chi connectivity index (χ0n) is 9.27. The lowest BCUT2D eigenvalue weighted by atomic mass is 10.1. The molecule has 0 saturated heterocycles. The van der Waals surface area contributed by atoms with Crippen LogP contribution < -0.4 is 4.74 Å². The number of carbonyl (C=O) groups is 1. The summed E-state index contributed by atoms with van der Waals surface area (Å²) in [6.07, 6.45) is 0.743. The van der Waals surface area contributed by atoms with Crippen LogP contribution in [0.5, 0.6) is 5.75 Å². The number of aliphatic hydroxyl groups excluding tert-OH is 1. The number of esters is 1. The van der Waals surface area contributed by atoms with Gasteiger partial charge in [0, 0.05) is 0 Å². The zero-order valence-corrected chi connectivity index (χ0v) is 9.27. The summed E-state index contributed by atoms with van der Waals surface area (Å²) in [5, 5.41) is 9.04. The van der Waals surface area contributed by atoms with Crippen LogP contribution in [0.2, 0.25) is 0 Å². The van der Waals surface area contributed by atoms with Gasteiger partial charge >= 0.3 is 5.97 Å². The topological polar surface area (TPSA) is 55.8 Å². The van der Waals surface area contributed by atoms with E-state index >= 15 is 0 Å². The quantitative estimate of drug-likeness (QED) is 0.482. The van der Waals surface area contributed by atoms with Gasteiger partial charge in [-0.3, -0.25) is 0 Å². The molecule has 1 N–H and O–H groups in total. The summed E-state index contributed by atoms with van der Waals surface area (Å²) in [5.41, 5.74) is 0.668. The standard InChI is InChI=1S/C12H14O4/c1-3-16-12(14)11(8-13)9-5-4-6-10(7-9)15-2/h4-8,13H,3H2,1-2H3. The molecule has 0 amide bonds. The van der Waals surface area contributed by atoms with E-state index in [1.165, 1.54) is 7.11 Å². The van der Waals surface area contributed by atoms with Gasteiger partial charge in [-0.15, -0.1) is 0 Å². The molecule has 16 heavy (non-hydrogen) atoms. The highest BCUT2D eigenvalue weighted by Crippen LogP contribution is 2.20. The molecule has 0 saturated carbocycles. The van der Waals surface area contributed by atoms with E-state index in [-0.39, 0.29) is 12.2 Å². The molecule has 1 aromatic carbocycles. The average molecular weight is 222 g/mol. The Kier molecular flexibility index (Phi) is 4.39. The van der Waals surface area contributed by atoms with Crippen molar-refractivity contribution in [2.24, 2.45) is 0 Å². The highest BCUT2D eigenvalue weighted by molar-refractivity contribution is 6.16. The predicted molar refractivity (Wildman–Crippen MR) is 60.2 cm³/mol. The van der Waals surface area contributed by atoms with Crippen molar-refractivity contribution >= 4 is 11.5 Å². The van der Waals surface area contributed by atoms with Gasteiger partial charge in [0.1, 0.15) is 11.3 Å². The van der Waals surface area contributed by atoms with Crippen LogP contribution >= 0.6 is 0 Å². The molecule has 0 aliphatic rings. The fraction of sp³-hybridized carbons (Fsp3) is 0.250. The normalized spacial score (nSPS) is 11.0. The van der Waals surface area contributed by atoms with Crippen molar-refractivity contribution < 1.29 is 19.4 Å². The number of carbonyl (C=O) groups excluding carboxylic acids is 1. The number of aliphatic hydroxyl groups is 1. The molecule has 0 heterocycles. The van der Waals surface area contributed by atoms with Gasteiger partial charge in [0.05, 0.1) is 20.0 Å². The minimum atomic E-state index is -0.557. The van der Waals surface area contributed by atoms with Crippen molar-refractivity contribution in [3.8, 4) is 5.75 Å². The van der Waals surface area contributed by atoms with Crippen molar-refractivity contribution in [2.45, 2.75) is 6.92 Å². The lowest BCUT2D eigenvalue weighted by molar-refractivity contribution is -0.136. The molecular formula is C12H14O4. The van der Waals surface area contributed by atoms with Crippen molar-refractivity contribution in [1.82, 2.24) is 0 Å². The van der Waals surface area contributed by atoms with Gasteiger partial charge in [0.25, 0.3) is 0 Å². The molecule has 1 aromatic rings. The number of hydrogen-bond acceptors (Lipinski definition) is 4. The van der Waals surface area contributed by atoms with Crippen LogP contribution in [0.15, 0.2) is 30.5 Å². The molecular weight excluding hydrogens is 208 g/mol. The molecule has 1 rings (SSSR count). The molecule has 0 aromatic heterocycles. The first-order chi connectivity index (χ1) is 7.72. The second kappa shape index (κ2) is 5.80. The lowest BCUT2D eigenvalue weighted by Gasteiger charge is -2.07. The van der Waals surface area contributed by atoms with Crippen molar-refractivity contribution in [1.29, 1.82) is 0 Å². The third-order valence-electron chi connectivity index (χ3n) is 2.01. The Labute approximate surface area is 94.1 Å². The molecule has 0 aliphatic heterocycles. The molecule has 0 spiro atoms. The maximum absolute atomic E-state index is 11.5. The fourth-order valence-corrected chi connectivity index (χ4v) is 1.24. The number of rotatable bonds is 4. The maximum atomic E-state index is 11.5. The first-order valence-electron chi connectivity index (χ1n) is 4.88. The average Bonchev–Trinajstić information content (AvgIpc) is 2.31.